The molecular weight excluding hydrogens is 283 g/mol. The Kier molecular flexibility index (Phi) is 3.65. The van der Waals surface area contributed by atoms with E-state index >= 15 is 0 Å². The minimum atomic E-state index is -4.53. The van der Waals surface area contributed by atoms with E-state index in [0.717, 1.165) is 6.07 Å². The second-order valence-corrected chi connectivity index (χ2v) is 3.99. The molecule has 0 saturated heterocycles. The summed E-state index contributed by atoms with van der Waals surface area (Å²) in [7, 11) is 0. The summed E-state index contributed by atoms with van der Waals surface area (Å²) < 4.78 is 66.3. The van der Waals surface area contributed by atoms with E-state index in [1.54, 1.807) is 0 Å². The predicted octanol–water partition coefficient (Wildman–Crippen LogP) is 3.70. The molecule has 0 saturated carbocycles. The Balaban J connectivity index is 2.49. The number of ether oxygens (including phenoxy) is 1. The summed E-state index contributed by atoms with van der Waals surface area (Å²) in [6.07, 6.45) is -7.41. The van der Waals surface area contributed by atoms with Crippen molar-refractivity contribution >= 4 is 16.6 Å². The van der Waals surface area contributed by atoms with E-state index < -0.39 is 24.9 Å². The van der Waals surface area contributed by atoms with Crippen LogP contribution in [0.1, 0.15) is 12.1 Å². The number of hydrogen-bond donors (Lipinski definition) is 1. The molecule has 0 atom stereocenters. The molecule has 0 fully saturated rings. The summed E-state index contributed by atoms with van der Waals surface area (Å²) in [5, 5.41) is 0.258. The van der Waals surface area contributed by atoms with Gasteiger partial charge in [0.15, 0.2) is 6.61 Å². The smallest absolute Gasteiger partial charge is 0.422 e. The Labute approximate surface area is 110 Å². The van der Waals surface area contributed by atoms with Crippen molar-refractivity contribution in [3.05, 3.63) is 30.0 Å². The van der Waals surface area contributed by atoms with Crippen LogP contribution in [0.5, 0.6) is 5.75 Å². The molecule has 0 aliphatic heterocycles. The maximum atomic E-state index is 12.6. The number of anilines is 1. The first kappa shape index (κ1) is 14.3. The van der Waals surface area contributed by atoms with Gasteiger partial charge in [0.2, 0.25) is 0 Å². The predicted molar refractivity (Wildman–Crippen MR) is 62.7 cm³/mol. The number of benzene rings is 1. The molecule has 0 aliphatic rings. The first-order valence-electron chi connectivity index (χ1n) is 5.45. The third kappa shape index (κ3) is 3.06. The van der Waals surface area contributed by atoms with E-state index in [1.165, 1.54) is 18.2 Å². The number of nitrogen functional groups attached to an aromatic ring is 1. The summed E-state index contributed by atoms with van der Waals surface area (Å²) in [6, 6.07) is 5.08. The lowest BCUT2D eigenvalue weighted by Crippen LogP contribution is -2.19. The van der Waals surface area contributed by atoms with Crippen molar-refractivity contribution in [1.82, 2.24) is 4.98 Å². The number of hydrogen-bond acceptors (Lipinski definition) is 3. The third-order valence-electron chi connectivity index (χ3n) is 2.47. The number of fused-ring (bicyclic) bond motifs is 1. The average Bonchev–Trinajstić information content (AvgIpc) is 2.35. The largest absolute Gasteiger partial charge is 0.482 e. The van der Waals surface area contributed by atoms with Crippen LogP contribution in [0.15, 0.2) is 24.3 Å². The minimum absolute atomic E-state index is 0.00255. The molecule has 1 aromatic carbocycles. The Morgan fingerprint density at radius 2 is 1.95 bits per heavy atom. The SMILES string of the molecule is Nc1cc(C(F)F)nc2c(OCC(F)(F)F)cccc12. The maximum absolute atomic E-state index is 12.6. The quantitative estimate of drug-likeness (QED) is 0.878. The monoisotopic (exact) mass is 292 g/mol. The first-order valence-corrected chi connectivity index (χ1v) is 5.45. The van der Waals surface area contributed by atoms with Gasteiger partial charge < -0.3 is 10.5 Å². The van der Waals surface area contributed by atoms with Crippen LogP contribution in [0.25, 0.3) is 10.9 Å². The molecule has 3 nitrogen and oxygen atoms in total. The van der Waals surface area contributed by atoms with E-state index in [2.05, 4.69) is 9.72 Å². The van der Waals surface area contributed by atoms with Crippen molar-refractivity contribution in [3.63, 3.8) is 0 Å². The molecule has 0 spiro atoms. The van der Waals surface area contributed by atoms with E-state index in [1.807, 2.05) is 0 Å². The van der Waals surface area contributed by atoms with E-state index in [9.17, 15) is 22.0 Å². The molecule has 0 radical (unpaired) electrons. The molecule has 0 aliphatic carbocycles. The van der Waals surface area contributed by atoms with Crippen molar-refractivity contribution in [2.75, 3.05) is 12.3 Å². The second kappa shape index (κ2) is 5.10. The van der Waals surface area contributed by atoms with Crippen LogP contribution >= 0.6 is 0 Å². The topological polar surface area (TPSA) is 48.1 Å². The highest BCUT2D eigenvalue weighted by Gasteiger charge is 2.29. The normalized spacial score (nSPS) is 12.1. The lowest BCUT2D eigenvalue weighted by Gasteiger charge is -2.12. The van der Waals surface area contributed by atoms with Crippen molar-refractivity contribution < 1.29 is 26.7 Å². The average molecular weight is 292 g/mol. The molecular formula is C12H9F5N2O. The second-order valence-electron chi connectivity index (χ2n) is 3.99. The molecule has 20 heavy (non-hydrogen) atoms. The molecule has 2 N–H and O–H groups in total. The van der Waals surface area contributed by atoms with E-state index in [4.69, 9.17) is 5.73 Å². The zero-order chi connectivity index (χ0) is 14.9. The maximum Gasteiger partial charge on any atom is 0.422 e. The molecule has 1 heterocycles. The molecule has 8 heteroatoms. The van der Waals surface area contributed by atoms with Crippen molar-refractivity contribution in [2.45, 2.75) is 12.6 Å². The van der Waals surface area contributed by atoms with Gasteiger partial charge in [-0.25, -0.2) is 13.8 Å². The van der Waals surface area contributed by atoms with Crippen LogP contribution in [0.3, 0.4) is 0 Å². The summed E-state index contributed by atoms with van der Waals surface area (Å²) >= 11 is 0. The number of alkyl halides is 5. The van der Waals surface area contributed by atoms with Crippen LogP contribution < -0.4 is 10.5 Å². The summed E-state index contributed by atoms with van der Waals surface area (Å²) in [4.78, 5) is 3.61. The van der Waals surface area contributed by atoms with Crippen molar-refractivity contribution in [1.29, 1.82) is 0 Å². The van der Waals surface area contributed by atoms with E-state index in [0.29, 0.717) is 0 Å². The third-order valence-corrected chi connectivity index (χ3v) is 2.47. The number of rotatable bonds is 3. The molecule has 108 valence electrons. The molecule has 0 unspecified atom stereocenters. The van der Waals surface area contributed by atoms with Crippen LogP contribution in [0.4, 0.5) is 27.6 Å². The minimum Gasteiger partial charge on any atom is -0.482 e. The molecule has 2 aromatic rings. The zero-order valence-electron chi connectivity index (χ0n) is 9.92. The lowest BCUT2D eigenvalue weighted by molar-refractivity contribution is -0.153. The summed E-state index contributed by atoms with van der Waals surface area (Å²) in [6.45, 7) is -1.54. The van der Waals surface area contributed by atoms with Crippen LogP contribution in [-0.4, -0.2) is 17.8 Å². The van der Waals surface area contributed by atoms with Gasteiger partial charge in [-0.1, -0.05) is 12.1 Å². The van der Waals surface area contributed by atoms with Gasteiger partial charge in [0, 0.05) is 11.1 Å². The number of aromatic nitrogens is 1. The molecule has 1 aromatic heterocycles. The molecule has 2 rings (SSSR count). The van der Waals surface area contributed by atoms with Gasteiger partial charge in [-0.15, -0.1) is 0 Å². The lowest BCUT2D eigenvalue weighted by atomic mass is 10.1. The Morgan fingerprint density at radius 3 is 2.55 bits per heavy atom. The van der Waals surface area contributed by atoms with Crippen LogP contribution in [0.2, 0.25) is 0 Å². The van der Waals surface area contributed by atoms with Gasteiger partial charge in [0.05, 0.1) is 0 Å². The Hall–Kier alpha value is -2.12. The summed E-state index contributed by atoms with van der Waals surface area (Å²) in [5.74, 6) is -0.242. The highest BCUT2D eigenvalue weighted by atomic mass is 19.4. The van der Waals surface area contributed by atoms with Crippen LogP contribution in [-0.2, 0) is 0 Å². The number of para-hydroxylation sites is 1. The molecule has 0 bridgehead atoms. The highest BCUT2D eigenvalue weighted by Crippen LogP contribution is 2.32. The Morgan fingerprint density at radius 1 is 1.25 bits per heavy atom. The summed E-state index contributed by atoms with van der Waals surface area (Å²) in [5.41, 5.74) is 4.87. The van der Waals surface area contributed by atoms with Gasteiger partial charge in [0.1, 0.15) is 17.0 Å². The van der Waals surface area contributed by atoms with Gasteiger partial charge in [-0.05, 0) is 12.1 Å². The fourth-order valence-corrected chi connectivity index (χ4v) is 1.66. The molecule has 0 amide bonds. The van der Waals surface area contributed by atoms with Gasteiger partial charge in [0.25, 0.3) is 6.43 Å². The van der Waals surface area contributed by atoms with Gasteiger partial charge >= 0.3 is 6.18 Å². The first-order chi connectivity index (χ1) is 9.28. The van der Waals surface area contributed by atoms with Crippen molar-refractivity contribution in [2.24, 2.45) is 0 Å². The Bertz CT molecular complexity index is 627. The van der Waals surface area contributed by atoms with Gasteiger partial charge in [-0.2, -0.15) is 13.2 Å². The van der Waals surface area contributed by atoms with Gasteiger partial charge in [-0.3, -0.25) is 0 Å². The highest BCUT2D eigenvalue weighted by molar-refractivity contribution is 5.94. The number of nitrogens with zero attached hydrogens (tertiary/aromatic N) is 1. The van der Waals surface area contributed by atoms with Crippen molar-refractivity contribution in [3.8, 4) is 5.75 Å². The number of halogens is 5. The fraction of sp³-hybridized carbons (Fsp3) is 0.250. The number of pyridine rings is 1. The fourth-order valence-electron chi connectivity index (χ4n) is 1.66. The van der Waals surface area contributed by atoms with E-state index in [-0.39, 0.29) is 22.3 Å². The standard InChI is InChI=1S/C12H9F5N2O/c13-11(14)8-4-7(18)6-2-1-3-9(10(6)19-8)20-5-12(15,16)17/h1-4,11H,5H2,(H2,18,19). The van der Waals surface area contributed by atoms with Crippen LogP contribution in [0, 0.1) is 0 Å². The number of nitrogens with two attached hydrogens (primary N) is 1. The zero-order valence-corrected chi connectivity index (χ0v) is 9.92.